The second-order valence-corrected chi connectivity index (χ2v) is 7.63. The Morgan fingerprint density at radius 1 is 0.903 bits per heavy atom. The molecule has 7 heteroatoms. The summed E-state index contributed by atoms with van der Waals surface area (Å²) in [4.78, 5) is 16.7. The van der Waals surface area contributed by atoms with E-state index in [4.69, 9.17) is 16.3 Å². The quantitative estimate of drug-likeness (QED) is 0.585. The maximum absolute atomic E-state index is 13.1. The Kier molecular flexibility index (Phi) is 6.57. The Morgan fingerprint density at radius 2 is 1.55 bits per heavy atom. The molecule has 31 heavy (non-hydrogen) atoms. The number of hydrogen-bond acceptors (Lipinski definition) is 4. The van der Waals surface area contributed by atoms with Crippen LogP contribution in [0.4, 0.5) is 15.8 Å². The van der Waals surface area contributed by atoms with Gasteiger partial charge in [0.25, 0.3) is 0 Å². The minimum absolute atomic E-state index is 0.0197. The summed E-state index contributed by atoms with van der Waals surface area (Å²) >= 11 is 6.19. The lowest BCUT2D eigenvalue weighted by Gasteiger charge is -2.36. The number of carbonyl (C=O) groups excluding carboxylic acids is 1. The van der Waals surface area contributed by atoms with Gasteiger partial charge in [0.1, 0.15) is 11.6 Å². The van der Waals surface area contributed by atoms with E-state index < -0.39 is 0 Å². The van der Waals surface area contributed by atoms with Gasteiger partial charge in [-0.15, -0.1) is 0 Å². The summed E-state index contributed by atoms with van der Waals surface area (Å²) in [5.74, 6) is 0.930. The number of hydrogen-bond donors (Lipinski definition) is 1. The molecule has 1 fully saturated rings. The molecule has 4 rings (SSSR count). The molecule has 1 N–H and O–H groups in total. The molecule has 0 saturated carbocycles. The highest BCUT2D eigenvalue weighted by Gasteiger charge is 2.21. The van der Waals surface area contributed by atoms with Gasteiger partial charge in [-0.25, -0.2) is 4.39 Å². The molecule has 1 amide bonds. The minimum atomic E-state index is -0.248. The Labute approximate surface area is 186 Å². The number of rotatable bonds is 6. The highest BCUT2D eigenvalue weighted by molar-refractivity contribution is 6.32. The van der Waals surface area contributed by atoms with Crippen LogP contribution < -0.4 is 15.0 Å². The molecule has 3 aromatic rings. The number of halogens is 2. The fraction of sp³-hybridized carbons (Fsp3) is 0.208. The molecule has 0 spiro atoms. The molecule has 0 aliphatic carbocycles. The monoisotopic (exact) mass is 439 g/mol. The maximum Gasteiger partial charge on any atom is 0.241 e. The number of benzene rings is 3. The van der Waals surface area contributed by atoms with Crippen LogP contribution in [0.25, 0.3) is 0 Å². The van der Waals surface area contributed by atoms with Crippen molar-refractivity contribution in [3.05, 3.63) is 83.6 Å². The first-order valence-corrected chi connectivity index (χ1v) is 10.5. The fourth-order valence-corrected chi connectivity index (χ4v) is 3.67. The lowest BCUT2D eigenvalue weighted by molar-refractivity contribution is -0.129. The number of para-hydroxylation sites is 3. The van der Waals surface area contributed by atoms with Crippen molar-refractivity contribution in [2.75, 3.05) is 42.9 Å². The second kappa shape index (κ2) is 9.71. The zero-order valence-corrected chi connectivity index (χ0v) is 17.7. The van der Waals surface area contributed by atoms with E-state index in [-0.39, 0.29) is 18.3 Å². The van der Waals surface area contributed by atoms with Gasteiger partial charge < -0.3 is 19.9 Å². The summed E-state index contributed by atoms with van der Waals surface area (Å²) < 4.78 is 19.1. The van der Waals surface area contributed by atoms with E-state index in [0.29, 0.717) is 42.7 Å². The van der Waals surface area contributed by atoms with Crippen molar-refractivity contribution in [1.82, 2.24) is 4.90 Å². The standard InChI is InChI=1S/C24H23ClFN3O2/c25-20-5-1-3-7-22(20)31-23-8-4-2-6-21(23)27-17-24(30)29-15-13-28(14-16-29)19-11-9-18(26)10-12-19/h1-12,27H,13-17H2. The Morgan fingerprint density at radius 3 is 2.26 bits per heavy atom. The number of carbonyl (C=O) groups is 1. The maximum atomic E-state index is 13.1. The molecule has 0 unspecified atom stereocenters. The molecule has 1 aliphatic heterocycles. The van der Waals surface area contributed by atoms with Crippen molar-refractivity contribution in [3.63, 3.8) is 0 Å². The summed E-state index contributed by atoms with van der Waals surface area (Å²) in [5, 5.41) is 3.71. The highest BCUT2D eigenvalue weighted by Crippen LogP contribution is 2.33. The van der Waals surface area contributed by atoms with Gasteiger partial charge in [-0.3, -0.25) is 4.79 Å². The highest BCUT2D eigenvalue weighted by atomic mass is 35.5. The largest absolute Gasteiger partial charge is 0.454 e. The fourth-order valence-electron chi connectivity index (χ4n) is 3.50. The Balaban J connectivity index is 1.32. The van der Waals surface area contributed by atoms with Gasteiger partial charge in [-0.2, -0.15) is 0 Å². The molecule has 1 aliphatic rings. The number of nitrogens with one attached hydrogen (secondary N) is 1. The summed E-state index contributed by atoms with van der Waals surface area (Å²) in [6.07, 6.45) is 0. The van der Waals surface area contributed by atoms with E-state index in [0.717, 1.165) is 11.4 Å². The third-order valence-electron chi connectivity index (χ3n) is 5.20. The molecule has 0 radical (unpaired) electrons. The van der Waals surface area contributed by atoms with Crippen LogP contribution >= 0.6 is 11.6 Å². The molecule has 1 saturated heterocycles. The zero-order valence-electron chi connectivity index (χ0n) is 16.9. The molecule has 3 aromatic carbocycles. The van der Waals surface area contributed by atoms with Crippen molar-refractivity contribution in [2.45, 2.75) is 0 Å². The first kappa shape index (κ1) is 21.0. The first-order valence-electron chi connectivity index (χ1n) is 10.1. The second-order valence-electron chi connectivity index (χ2n) is 7.23. The number of amides is 1. The van der Waals surface area contributed by atoms with E-state index in [1.807, 2.05) is 41.3 Å². The Bertz CT molecular complexity index is 1040. The normalized spacial score (nSPS) is 13.7. The van der Waals surface area contributed by atoms with E-state index in [1.165, 1.54) is 12.1 Å². The smallest absolute Gasteiger partial charge is 0.241 e. The van der Waals surface area contributed by atoms with Gasteiger partial charge in [0, 0.05) is 31.9 Å². The SMILES string of the molecule is O=C(CNc1ccccc1Oc1ccccc1Cl)N1CCN(c2ccc(F)cc2)CC1. The molecule has 0 aromatic heterocycles. The number of nitrogens with zero attached hydrogens (tertiary/aromatic N) is 2. The predicted octanol–water partition coefficient (Wildman–Crippen LogP) is 5.03. The van der Waals surface area contributed by atoms with E-state index in [2.05, 4.69) is 10.2 Å². The van der Waals surface area contributed by atoms with Gasteiger partial charge in [0.05, 0.1) is 17.3 Å². The summed E-state index contributed by atoms with van der Waals surface area (Å²) in [5.41, 5.74) is 1.69. The van der Waals surface area contributed by atoms with Crippen molar-refractivity contribution < 1.29 is 13.9 Å². The van der Waals surface area contributed by atoms with Crippen molar-refractivity contribution >= 4 is 28.9 Å². The topological polar surface area (TPSA) is 44.8 Å². The number of anilines is 2. The summed E-state index contributed by atoms with van der Waals surface area (Å²) in [6.45, 7) is 2.83. The van der Waals surface area contributed by atoms with E-state index in [1.54, 1.807) is 24.3 Å². The minimum Gasteiger partial charge on any atom is -0.454 e. The van der Waals surface area contributed by atoms with Crippen LogP contribution in [0.2, 0.25) is 5.02 Å². The van der Waals surface area contributed by atoms with Gasteiger partial charge in [0.2, 0.25) is 5.91 Å². The van der Waals surface area contributed by atoms with Gasteiger partial charge in [-0.05, 0) is 48.5 Å². The third kappa shape index (κ3) is 5.27. The molecular formula is C24H23ClFN3O2. The van der Waals surface area contributed by atoms with Crippen molar-refractivity contribution in [1.29, 1.82) is 0 Å². The number of piperazine rings is 1. The van der Waals surface area contributed by atoms with Crippen LogP contribution in [0.5, 0.6) is 11.5 Å². The van der Waals surface area contributed by atoms with Crippen LogP contribution in [0.3, 0.4) is 0 Å². The average molecular weight is 440 g/mol. The molecular weight excluding hydrogens is 417 g/mol. The van der Waals surface area contributed by atoms with Crippen LogP contribution in [-0.2, 0) is 4.79 Å². The molecule has 0 bridgehead atoms. The Hall–Kier alpha value is -3.25. The average Bonchev–Trinajstić information content (AvgIpc) is 2.80. The van der Waals surface area contributed by atoms with Crippen LogP contribution in [-0.4, -0.2) is 43.5 Å². The molecule has 160 valence electrons. The number of ether oxygens (including phenoxy) is 1. The van der Waals surface area contributed by atoms with Crippen LogP contribution in [0, 0.1) is 5.82 Å². The van der Waals surface area contributed by atoms with Gasteiger partial charge in [-0.1, -0.05) is 35.9 Å². The first-order chi connectivity index (χ1) is 15.1. The lowest BCUT2D eigenvalue weighted by atomic mass is 10.2. The van der Waals surface area contributed by atoms with Crippen molar-refractivity contribution in [3.8, 4) is 11.5 Å². The van der Waals surface area contributed by atoms with E-state index in [9.17, 15) is 9.18 Å². The predicted molar refractivity (Wildman–Crippen MR) is 122 cm³/mol. The molecule has 5 nitrogen and oxygen atoms in total. The van der Waals surface area contributed by atoms with Crippen molar-refractivity contribution in [2.24, 2.45) is 0 Å². The zero-order chi connectivity index (χ0) is 21.6. The summed E-state index contributed by atoms with van der Waals surface area (Å²) in [6, 6.07) is 21.2. The molecule has 1 heterocycles. The van der Waals surface area contributed by atoms with Gasteiger partial charge >= 0.3 is 0 Å². The lowest BCUT2D eigenvalue weighted by Crippen LogP contribution is -2.50. The van der Waals surface area contributed by atoms with Crippen LogP contribution in [0.15, 0.2) is 72.8 Å². The third-order valence-corrected chi connectivity index (χ3v) is 5.51. The summed E-state index contributed by atoms with van der Waals surface area (Å²) in [7, 11) is 0. The molecule has 0 atom stereocenters. The van der Waals surface area contributed by atoms with Crippen LogP contribution in [0.1, 0.15) is 0 Å². The van der Waals surface area contributed by atoms with Gasteiger partial charge in [0.15, 0.2) is 5.75 Å². The van der Waals surface area contributed by atoms with E-state index >= 15 is 0 Å².